The summed E-state index contributed by atoms with van der Waals surface area (Å²) in [6, 6.07) is 10.9. The van der Waals surface area contributed by atoms with Gasteiger partial charge in [0.25, 0.3) is 0 Å². The van der Waals surface area contributed by atoms with E-state index in [0.29, 0.717) is 0 Å². The van der Waals surface area contributed by atoms with Crippen molar-refractivity contribution in [3.05, 3.63) is 35.9 Å². The molecule has 0 saturated carbocycles. The molecule has 2 fully saturated rings. The molecule has 0 atom stereocenters. The van der Waals surface area contributed by atoms with E-state index < -0.39 is 0 Å². The van der Waals surface area contributed by atoms with E-state index in [0.717, 1.165) is 11.8 Å². The van der Waals surface area contributed by atoms with E-state index >= 15 is 0 Å². The molecule has 2 aliphatic heterocycles. The van der Waals surface area contributed by atoms with E-state index in [1.165, 1.54) is 83.2 Å². The third-order valence-corrected chi connectivity index (χ3v) is 5.72. The van der Waals surface area contributed by atoms with Crippen LogP contribution in [0.15, 0.2) is 30.3 Å². The number of unbranched alkanes of at least 4 members (excludes halogenated alkanes) is 1. The third-order valence-electron chi connectivity index (χ3n) is 5.72. The minimum Gasteiger partial charge on any atom is -0.317 e. The predicted molar refractivity (Wildman–Crippen MR) is 94.1 cm³/mol. The molecule has 0 radical (unpaired) electrons. The summed E-state index contributed by atoms with van der Waals surface area (Å²) in [6.07, 6.45) is 9.66. The van der Waals surface area contributed by atoms with Crippen molar-refractivity contribution in [2.75, 3.05) is 32.7 Å². The molecule has 0 unspecified atom stereocenters. The second-order valence-corrected chi connectivity index (χ2v) is 7.21. The Balaban J connectivity index is 1.29. The van der Waals surface area contributed by atoms with Crippen LogP contribution >= 0.6 is 0 Å². The van der Waals surface area contributed by atoms with Crippen molar-refractivity contribution in [1.29, 1.82) is 0 Å². The zero-order chi connectivity index (χ0) is 15.0. The van der Waals surface area contributed by atoms with Crippen LogP contribution in [0.1, 0.15) is 44.1 Å². The van der Waals surface area contributed by atoms with Gasteiger partial charge in [-0.1, -0.05) is 30.3 Å². The van der Waals surface area contributed by atoms with Crippen LogP contribution in [-0.2, 0) is 6.42 Å². The zero-order valence-corrected chi connectivity index (χ0v) is 14.0. The van der Waals surface area contributed by atoms with Gasteiger partial charge in [-0.05, 0) is 95.1 Å². The number of likely N-dealkylation sites (tertiary alicyclic amines) is 1. The molecule has 2 nitrogen and oxygen atoms in total. The SMILES string of the molecule is c1ccc(CCCCN2CCC(C3CCNCC3)CC2)cc1. The summed E-state index contributed by atoms with van der Waals surface area (Å²) in [4.78, 5) is 2.71. The zero-order valence-electron chi connectivity index (χ0n) is 14.0. The van der Waals surface area contributed by atoms with E-state index in [2.05, 4.69) is 40.5 Å². The van der Waals surface area contributed by atoms with Gasteiger partial charge >= 0.3 is 0 Å². The Labute approximate surface area is 136 Å². The number of hydrogen-bond donors (Lipinski definition) is 1. The highest BCUT2D eigenvalue weighted by Gasteiger charge is 2.27. The number of hydrogen-bond acceptors (Lipinski definition) is 2. The quantitative estimate of drug-likeness (QED) is 0.806. The van der Waals surface area contributed by atoms with Crippen LogP contribution in [0.25, 0.3) is 0 Å². The first-order chi connectivity index (χ1) is 10.9. The van der Waals surface area contributed by atoms with Gasteiger partial charge in [-0.3, -0.25) is 0 Å². The fourth-order valence-corrected chi connectivity index (χ4v) is 4.27. The fraction of sp³-hybridized carbons (Fsp3) is 0.700. The lowest BCUT2D eigenvalue weighted by atomic mass is 9.79. The Morgan fingerprint density at radius 3 is 2.27 bits per heavy atom. The summed E-state index contributed by atoms with van der Waals surface area (Å²) in [7, 11) is 0. The first-order valence-corrected chi connectivity index (χ1v) is 9.39. The summed E-state index contributed by atoms with van der Waals surface area (Å²) in [5.74, 6) is 2.03. The number of piperidine rings is 2. The van der Waals surface area contributed by atoms with Gasteiger partial charge in [-0.2, -0.15) is 0 Å². The van der Waals surface area contributed by atoms with E-state index in [1.807, 2.05) is 0 Å². The Morgan fingerprint density at radius 2 is 1.55 bits per heavy atom. The normalized spacial score (nSPS) is 22.0. The lowest BCUT2D eigenvalue weighted by Crippen LogP contribution is -2.39. The van der Waals surface area contributed by atoms with Crippen molar-refractivity contribution in [2.45, 2.75) is 44.9 Å². The van der Waals surface area contributed by atoms with Gasteiger partial charge in [0.05, 0.1) is 0 Å². The molecule has 1 aromatic carbocycles. The monoisotopic (exact) mass is 300 g/mol. The van der Waals surface area contributed by atoms with Crippen molar-refractivity contribution in [3.63, 3.8) is 0 Å². The molecule has 0 aliphatic carbocycles. The number of aryl methyl sites for hydroxylation is 1. The smallest absolute Gasteiger partial charge is 0.00160 e. The molecule has 2 aliphatic rings. The average Bonchev–Trinajstić information content (AvgIpc) is 2.61. The molecule has 0 bridgehead atoms. The fourth-order valence-electron chi connectivity index (χ4n) is 4.27. The summed E-state index contributed by atoms with van der Waals surface area (Å²) in [6.45, 7) is 6.51. The highest BCUT2D eigenvalue weighted by atomic mass is 15.1. The third kappa shape index (κ3) is 4.82. The van der Waals surface area contributed by atoms with Gasteiger partial charge < -0.3 is 10.2 Å². The maximum absolute atomic E-state index is 3.50. The van der Waals surface area contributed by atoms with Crippen molar-refractivity contribution in [3.8, 4) is 0 Å². The molecule has 2 saturated heterocycles. The lowest BCUT2D eigenvalue weighted by Gasteiger charge is -2.37. The molecule has 1 aromatic rings. The molecule has 22 heavy (non-hydrogen) atoms. The van der Waals surface area contributed by atoms with E-state index in [9.17, 15) is 0 Å². The Morgan fingerprint density at radius 1 is 0.864 bits per heavy atom. The summed E-state index contributed by atoms with van der Waals surface area (Å²) in [5, 5.41) is 3.50. The van der Waals surface area contributed by atoms with E-state index in [1.54, 1.807) is 0 Å². The number of rotatable bonds is 6. The first-order valence-electron chi connectivity index (χ1n) is 9.39. The molecule has 0 amide bonds. The maximum atomic E-state index is 3.50. The Bertz CT molecular complexity index is 403. The van der Waals surface area contributed by atoms with Gasteiger partial charge in [0.15, 0.2) is 0 Å². The van der Waals surface area contributed by atoms with Crippen LogP contribution < -0.4 is 5.32 Å². The van der Waals surface area contributed by atoms with Gasteiger partial charge in [0.2, 0.25) is 0 Å². The van der Waals surface area contributed by atoms with Crippen molar-refractivity contribution in [2.24, 2.45) is 11.8 Å². The van der Waals surface area contributed by atoms with Gasteiger partial charge in [0, 0.05) is 0 Å². The van der Waals surface area contributed by atoms with Gasteiger partial charge in [0.1, 0.15) is 0 Å². The van der Waals surface area contributed by atoms with Gasteiger partial charge in [-0.25, -0.2) is 0 Å². The van der Waals surface area contributed by atoms with Crippen LogP contribution in [0.3, 0.4) is 0 Å². The standard InChI is InChI=1S/C20H32N2/c1-2-6-18(7-3-1)8-4-5-15-22-16-11-20(12-17-22)19-9-13-21-14-10-19/h1-3,6-7,19-21H,4-5,8-17H2. The van der Waals surface area contributed by atoms with Crippen LogP contribution in [0.5, 0.6) is 0 Å². The molecule has 122 valence electrons. The molecule has 2 heteroatoms. The molecule has 3 rings (SSSR count). The number of nitrogens with zero attached hydrogens (tertiary/aromatic N) is 1. The molecule has 0 aromatic heterocycles. The Kier molecular flexibility index (Phi) is 6.32. The number of benzene rings is 1. The minimum absolute atomic E-state index is 1.02. The average molecular weight is 300 g/mol. The summed E-state index contributed by atoms with van der Waals surface area (Å²) >= 11 is 0. The summed E-state index contributed by atoms with van der Waals surface area (Å²) < 4.78 is 0. The predicted octanol–water partition coefficient (Wildman–Crippen LogP) is 3.72. The van der Waals surface area contributed by atoms with Crippen LogP contribution in [-0.4, -0.2) is 37.6 Å². The van der Waals surface area contributed by atoms with Crippen molar-refractivity contribution in [1.82, 2.24) is 10.2 Å². The molecule has 1 N–H and O–H groups in total. The summed E-state index contributed by atoms with van der Waals surface area (Å²) in [5.41, 5.74) is 1.49. The van der Waals surface area contributed by atoms with Crippen LogP contribution in [0.2, 0.25) is 0 Å². The molecule has 2 heterocycles. The highest BCUT2D eigenvalue weighted by Crippen LogP contribution is 2.30. The number of nitrogens with one attached hydrogen (secondary N) is 1. The molecule has 0 spiro atoms. The first kappa shape index (κ1) is 16.0. The second-order valence-electron chi connectivity index (χ2n) is 7.21. The lowest BCUT2D eigenvalue weighted by molar-refractivity contribution is 0.129. The minimum atomic E-state index is 1.02. The van der Waals surface area contributed by atoms with Crippen LogP contribution in [0.4, 0.5) is 0 Å². The largest absolute Gasteiger partial charge is 0.317 e. The van der Waals surface area contributed by atoms with Gasteiger partial charge in [-0.15, -0.1) is 0 Å². The second kappa shape index (κ2) is 8.69. The van der Waals surface area contributed by atoms with Crippen molar-refractivity contribution < 1.29 is 0 Å². The maximum Gasteiger partial charge on any atom is -0.00160 e. The van der Waals surface area contributed by atoms with Crippen molar-refractivity contribution >= 4 is 0 Å². The molecular formula is C20H32N2. The topological polar surface area (TPSA) is 15.3 Å². The highest BCUT2D eigenvalue weighted by molar-refractivity contribution is 5.14. The Hall–Kier alpha value is -0.860. The molecular weight excluding hydrogens is 268 g/mol. The van der Waals surface area contributed by atoms with E-state index in [4.69, 9.17) is 0 Å². The van der Waals surface area contributed by atoms with E-state index in [-0.39, 0.29) is 0 Å². The van der Waals surface area contributed by atoms with Crippen LogP contribution in [0, 0.1) is 11.8 Å².